The summed E-state index contributed by atoms with van der Waals surface area (Å²) in [5, 5.41) is 8.39. The molecule has 4 rings (SSSR count). The Morgan fingerprint density at radius 1 is 1.13 bits per heavy atom. The predicted octanol–water partition coefficient (Wildman–Crippen LogP) is 7.22. The molecule has 11 heteroatoms. The van der Waals surface area contributed by atoms with E-state index in [1.165, 1.54) is 4.68 Å². The fourth-order valence-electron chi connectivity index (χ4n) is 3.53. The van der Waals surface area contributed by atoms with E-state index in [9.17, 15) is 9.59 Å². The molecule has 0 aliphatic rings. The molecule has 0 aliphatic heterocycles. The lowest BCUT2D eigenvalue weighted by molar-refractivity contribution is -0.118. The Balaban J connectivity index is 1.58. The molecule has 0 radical (unpaired) electrons. The molecule has 196 valence electrons. The van der Waals surface area contributed by atoms with Gasteiger partial charge in [-0.3, -0.25) is 9.59 Å². The van der Waals surface area contributed by atoms with Crippen molar-refractivity contribution in [2.75, 3.05) is 11.9 Å². The highest BCUT2D eigenvalue weighted by Gasteiger charge is 2.23. The molecule has 38 heavy (non-hydrogen) atoms. The second-order valence-electron chi connectivity index (χ2n) is 9.37. The van der Waals surface area contributed by atoms with E-state index in [0.29, 0.717) is 33.2 Å². The van der Waals surface area contributed by atoms with Gasteiger partial charge in [-0.2, -0.15) is 9.78 Å². The van der Waals surface area contributed by atoms with Crippen LogP contribution in [0.15, 0.2) is 69.0 Å². The van der Waals surface area contributed by atoms with Gasteiger partial charge < -0.3 is 10.1 Å². The minimum absolute atomic E-state index is 0.148. The molecule has 0 unspecified atom stereocenters. The number of anilines is 1. The van der Waals surface area contributed by atoms with Crippen molar-refractivity contribution in [1.82, 2.24) is 9.66 Å². The summed E-state index contributed by atoms with van der Waals surface area (Å²) < 4.78 is 9.58. The Morgan fingerprint density at radius 3 is 2.42 bits per heavy atom. The third-order valence-corrected chi connectivity index (χ3v) is 7.65. The maximum Gasteiger partial charge on any atom is 0.282 e. The van der Waals surface area contributed by atoms with Crippen molar-refractivity contribution >= 4 is 101 Å². The number of ether oxygens (including phenoxy) is 1. The Kier molecular flexibility index (Phi) is 9.15. The molecule has 0 fully saturated rings. The molecular weight excluding hydrogens is 797 g/mol. The van der Waals surface area contributed by atoms with Crippen molar-refractivity contribution in [3.05, 3.63) is 93.0 Å². The number of aromatic nitrogens is 2. The van der Waals surface area contributed by atoms with Gasteiger partial charge in [-0.1, -0.05) is 48.3 Å². The second-order valence-corrected chi connectivity index (χ2v) is 13.0. The normalized spacial score (nSPS) is 11.8. The van der Waals surface area contributed by atoms with Gasteiger partial charge in [0.2, 0.25) is 0 Å². The lowest BCUT2D eigenvalue weighted by Crippen LogP contribution is -2.29. The van der Waals surface area contributed by atoms with Gasteiger partial charge in [0.15, 0.2) is 6.61 Å². The first-order valence-electron chi connectivity index (χ1n) is 11.4. The van der Waals surface area contributed by atoms with Gasteiger partial charge in [0.05, 0.1) is 24.3 Å². The van der Waals surface area contributed by atoms with Gasteiger partial charge >= 0.3 is 0 Å². The Labute approximate surface area is 260 Å². The van der Waals surface area contributed by atoms with Crippen LogP contribution in [0.25, 0.3) is 10.9 Å². The fourth-order valence-corrected chi connectivity index (χ4v) is 6.14. The van der Waals surface area contributed by atoms with Crippen molar-refractivity contribution in [3.63, 3.8) is 0 Å². The van der Waals surface area contributed by atoms with Crippen LogP contribution in [0.2, 0.25) is 5.02 Å². The van der Waals surface area contributed by atoms with Crippen molar-refractivity contribution in [2.24, 2.45) is 5.10 Å². The lowest BCUT2D eigenvalue weighted by Gasteiger charge is -2.21. The van der Waals surface area contributed by atoms with Crippen molar-refractivity contribution in [2.45, 2.75) is 26.2 Å². The number of carbonyl (C=O) groups is 1. The van der Waals surface area contributed by atoms with Crippen LogP contribution in [0.1, 0.15) is 32.2 Å². The first kappa shape index (κ1) is 29.0. The highest BCUT2D eigenvalue weighted by Crippen LogP contribution is 2.29. The van der Waals surface area contributed by atoms with Gasteiger partial charge in [-0.05, 0) is 105 Å². The van der Waals surface area contributed by atoms with Gasteiger partial charge in [0.1, 0.15) is 11.6 Å². The summed E-state index contributed by atoms with van der Waals surface area (Å²) in [4.78, 5) is 30.5. The summed E-state index contributed by atoms with van der Waals surface area (Å²) in [6.07, 6.45) is 1.63. The van der Waals surface area contributed by atoms with Gasteiger partial charge in [-0.25, -0.2) is 4.98 Å². The van der Waals surface area contributed by atoms with E-state index >= 15 is 0 Å². The molecule has 1 amide bonds. The van der Waals surface area contributed by atoms with Crippen LogP contribution in [0.4, 0.5) is 5.69 Å². The molecule has 0 atom stereocenters. The largest absolute Gasteiger partial charge is 0.482 e. The van der Waals surface area contributed by atoms with Crippen LogP contribution in [0, 0.1) is 7.14 Å². The van der Waals surface area contributed by atoms with E-state index in [-0.39, 0.29) is 18.1 Å². The minimum Gasteiger partial charge on any atom is -0.482 e. The number of nitrogens with zero attached hydrogens (tertiary/aromatic N) is 3. The van der Waals surface area contributed by atoms with Gasteiger partial charge in [0, 0.05) is 20.6 Å². The summed E-state index contributed by atoms with van der Waals surface area (Å²) in [5.74, 6) is 0.873. The third-order valence-electron chi connectivity index (χ3n) is 5.30. The maximum absolute atomic E-state index is 13.4. The van der Waals surface area contributed by atoms with E-state index in [4.69, 9.17) is 21.3 Å². The van der Waals surface area contributed by atoms with Crippen LogP contribution >= 0.6 is 72.7 Å². The first-order chi connectivity index (χ1) is 17.9. The zero-order chi connectivity index (χ0) is 27.6. The number of hydrogen-bond donors (Lipinski definition) is 1. The standard InChI is InChI=1S/C27H22BrClI2N4O3/c1-27(2,3)26-34-22-9-4-16(28)12-19(22)25(37)35(26)32-13-15-10-20(30)24(21(31)11-15)38-14-23(36)33-18-7-5-17(29)6-8-18/h4-13H,14H2,1-3H3,(H,33,36). The van der Waals surface area contributed by atoms with E-state index in [0.717, 1.165) is 17.2 Å². The summed E-state index contributed by atoms with van der Waals surface area (Å²) in [6.45, 7) is 5.83. The minimum atomic E-state index is -0.412. The fraction of sp³-hybridized carbons (Fsp3) is 0.185. The zero-order valence-electron chi connectivity index (χ0n) is 20.6. The number of carbonyl (C=O) groups excluding carboxylic acids is 1. The molecule has 0 saturated heterocycles. The van der Waals surface area contributed by atoms with Crippen LogP contribution in [-0.4, -0.2) is 28.4 Å². The Bertz CT molecular complexity index is 1590. The van der Waals surface area contributed by atoms with E-state index in [1.807, 2.05) is 45.0 Å². The summed E-state index contributed by atoms with van der Waals surface area (Å²) in [5.41, 5.74) is 1.39. The van der Waals surface area contributed by atoms with Crippen molar-refractivity contribution in [1.29, 1.82) is 0 Å². The molecule has 3 aromatic carbocycles. The molecule has 0 spiro atoms. The van der Waals surface area contributed by atoms with E-state index < -0.39 is 5.41 Å². The number of halogens is 4. The average Bonchev–Trinajstić information content (AvgIpc) is 2.84. The third kappa shape index (κ3) is 6.93. The quantitative estimate of drug-likeness (QED) is 0.165. The van der Waals surface area contributed by atoms with Gasteiger partial charge in [-0.15, -0.1) is 0 Å². The van der Waals surface area contributed by atoms with Crippen LogP contribution < -0.4 is 15.6 Å². The van der Waals surface area contributed by atoms with Crippen molar-refractivity contribution < 1.29 is 9.53 Å². The average molecular weight is 820 g/mol. The number of benzene rings is 3. The topological polar surface area (TPSA) is 85.6 Å². The summed E-state index contributed by atoms with van der Waals surface area (Å²) >= 11 is 13.6. The predicted molar refractivity (Wildman–Crippen MR) is 173 cm³/mol. The van der Waals surface area contributed by atoms with Crippen LogP contribution in [-0.2, 0) is 10.2 Å². The SMILES string of the molecule is CC(C)(C)c1nc2ccc(Br)cc2c(=O)n1N=Cc1cc(I)c(OCC(=O)Nc2ccc(Cl)cc2)c(I)c1. The van der Waals surface area contributed by atoms with E-state index in [1.54, 1.807) is 36.5 Å². The molecule has 4 aromatic rings. The van der Waals surface area contributed by atoms with E-state index in [2.05, 4.69) is 71.5 Å². The number of rotatable bonds is 6. The Morgan fingerprint density at radius 2 is 1.79 bits per heavy atom. The molecule has 1 N–H and O–H groups in total. The number of amides is 1. The molecule has 7 nitrogen and oxygen atoms in total. The van der Waals surface area contributed by atoms with Crippen LogP contribution in [0.3, 0.4) is 0 Å². The molecule has 1 heterocycles. The summed E-state index contributed by atoms with van der Waals surface area (Å²) in [7, 11) is 0. The number of hydrogen-bond acceptors (Lipinski definition) is 5. The molecule has 0 bridgehead atoms. The molecule has 0 aliphatic carbocycles. The number of fused-ring (bicyclic) bond motifs is 1. The second kappa shape index (κ2) is 12.0. The molecule has 1 aromatic heterocycles. The van der Waals surface area contributed by atoms with Gasteiger partial charge in [0.25, 0.3) is 11.5 Å². The Hall–Kier alpha value is -2.03. The highest BCUT2D eigenvalue weighted by atomic mass is 127. The first-order valence-corrected chi connectivity index (χ1v) is 14.7. The smallest absolute Gasteiger partial charge is 0.282 e. The highest BCUT2D eigenvalue weighted by molar-refractivity contribution is 14.1. The zero-order valence-corrected chi connectivity index (χ0v) is 27.2. The summed E-state index contributed by atoms with van der Waals surface area (Å²) in [6, 6.07) is 16.1. The monoisotopic (exact) mass is 818 g/mol. The molecule has 0 saturated carbocycles. The van der Waals surface area contributed by atoms with Crippen molar-refractivity contribution in [3.8, 4) is 5.75 Å². The number of nitrogens with one attached hydrogen (secondary N) is 1. The maximum atomic E-state index is 13.4. The lowest BCUT2D eigenvalue weighted by atomic mass is 9.95. The molecular formula is C27H22BrClI2N4O3. The van der Waals surface area contributed by atoms with Crippen LogP contribution in [0.5, 0.6) is 5.75 Å².